The van der Waals surface area contributed by atoms with E-state index in [0.29, 0.717) is 17.9 Å². The molecule has 0 fully saturated rings. The molecule has 2 aromatic rings. The van der Waals surface area contributed by atoms with Gasteiger partial charge in [-0.1, -0.05) is 0 Å². The summed E-state index contributed by atoms with van der Waals surface area (Å²) in [5.74, 6) is 1.51. The smallest absolute Gasteiger partial charge is 0.152 e. The van der Waals surface area contributed by atoms with Crippen molar-refractivity contribution in [1.82, 2.24) is 19.7 Å². The van der Waals surface area contributed by atoms with Crippen molar-refractivity contribution >= 4 is 5.82 Å². The van der Waals surface area contributed by atoms with Crippen molar-refractivity contribution in [2.24, 2.45) is 0 Å². The van der Waals surface area contributed by atoms with Crippen molar-refractivity contribution in [2.45, 2.75) is 20.0 Å². The van der Waals surface area contributed by atoms with Gasteiger partial charge in [0.05, 0.1) is 18.2 Å². The molecule has 0 aliphatic rings. The molecule has 1 N–H and O–H groups in total. The molecule has 0 saturated heterocycles. The van der Waals surface area contributed by atoms with Gasteiger partial charge < -0.3 is 9.88 Å². The molecule has 0 aliphatic carbocycles. The van der Waals surface area contributed by atoms with Crippen LogP contribution in [-0.4, -0.2) is 19.7 Å². The molecule has 2 aromatic heterocycles. The maximum absolute atomic E-state index is 8.76. The van der Waals surface area contributed by atoms with Crippen LogP contribution in [0.25, 0.3) is 0 Å². The molecule has 17 heavy (non-hydrogen) atoms. The number of aromatic nitrogens is 4. The molecule has 6 heteroatoms. The highest BCUT2D eigenvalue weighted by molar-refractivity contribution is 5.42. The zero-order chi connectivity index (χ0) is 12.1. The summed E-state index contributed by atoms with van der Waals surface area (Å²) in [6, 6.07) is 5.44. The first kappa shape index (κ1) is 11.1. The Morgan fingerprint density at radius 1 is 1.53 bits per heavy atom. The third-order valence-electron chi connectivity index (χ3n) is 2.35. The van der Waals surface area contributed by atoms with Gasteiger partial charge in [-0.3, -0.25) is 0 Å². The normalized spacial score (nSPS) is 9.88. The number of nitrogens with one attached hydrogen (secondary N) is 1. The summed E-state index contributed by atoms with van der Waals surface area (Å²) in [5, 5.41) is 19.7. The fourth-order valence-electron chi connectivity index (χ4n) is 1.45. The summed E-state index contributed by atoms with van der Waals surface area (Å²) in [7, 11) is 0. The van der Waals surface area contributed by atoms with E-state index in [1.807, 2.05) is 11.5 Å². The Morgan fingerprint density at radius 2 is 2.41 bits per heavy atom. The van der Waals surface area contributed by atoms with Gasteiger partial charge in [0.15, 0.2) is 5.82 Å². The second kappa shape index (κ2) is 5.07. The topological polar surface area (TPSA) is 79.4 Å². The second-order valence-electron chi connectivity index (χ2n) is 3.43. The van der Waals surface area contributed by atoms with Gasteiger partial charge in [0.1, 0.15) is 12.1 Å². The quantitative estimate of drug-likeness (QED) is 0.849. The second-order valence-corrected chi connectivity index (χ2v) is 3.43. The Labute approximate surface area is 98.9 Å². The molecular weight excluding hydrogens is 216 g/mol. The Kier molecular flexibility index (Phi) is 3.31. The molecule has 2 rings (SSSR count). The van der Waals surface area contributed by atoms with Crippen molar-refractivity contribution in [3.63, 3.8) is 0 Å². The third-order valence-corrected chi connectivity index (χ3v) is 2.35. The molecular formula is C11H12N6. The molecule has 0 aromatic carbocycles. The lowest BCUT2D eigenvalue weighted by molar-refractivity contribution is 0.707. The Hall–Kier alpha value is -2.42. The molecule has 0 amide bonds. The summed E-state index contributed by atoms with van der Waals surface area (Å²) in [5.41, 5.74) is 0.583. The van der Waals surface area contributed by atoms with Crippen LogP contribution in [0.3, 0.4) is 0 Å². The molecule has 86 valence electrons. The predicted molar refractivity (Wildman–Crippen MR) is 62.0 cm³/mol. The average Bonchev–Trinajstić information content (AvgIpc) is 2.84. The first-order chi connectivity index (χ1) is 8.33. The van der Waals surface area contributed by atoms with E-state index < -0.39 is 0 Å². The zero-order valence-corrected chi connectivity index (χ0v) is 9.46. The van der Waals surface area contributed by atoms with Gasteiger partial charge in [-0.05, 0) is 19.1 Å². The van der Waals surface area contributed by atoms with Crippen LogP contribution in [0, 0.1) is 11.3 Å². The molecule has 0 bridgehead atoms. The predicted octanol–water partition coefficient (Wildman–Crippen LogP) is 1.18. The van der Waals surface area contributed by atoms with E-state index in [0.717, 1.165) is 12.4 Å². The van der Waals surface area contributed by atoms with E-state index in [4.69, 9.17) is 5.26 Å². The lowest BCUT2D eigenvalue weighted by atomic mass is 10.3. The highest BCUT2D eigenvalue weighted by Crippen LogP contribution is 2.07. The summed E-state index contributed by atoms with van der Waals surface area (Å²) in [4.78, 5) is 4.12. The maximum atomic E-state index is 8.76. The van der Waals surface area contributed by atoms with Gasteiger partial charge in [0, 0.05) is 12.7 Å². The van der Waals surface area contributed by atoms with Crippen molar-refractivity contribution in [3.05, 3.63) is 36.0 Å². The number of nitrogens with zero attached hydrogens (tertiary/aromatic N) is 5. The lowest BCUT2D eigenvalue weighted by Crippen LogP contribution is -2.08. The van der Waals surface area contributed by atoms with E-state index in [9.17, 15) is 0 Å². The maximum Gasteiger partial charge on any atom is 0.152 e. The molecule has 0 aliphatic heterocycles. The minimum absolute atomic E-state index is 0.537. The van der Waals surface area contributed by atoms with Crippen molar-refractivity contribution in [3.8, 4) is 6.07 Å². The summed E-state index contributed by atoms with van der Waals surface area (Å²) in [6.45, 7) is 3.40. The van der Waals surface area contributed by atoms with Crippen LogP contribution in [0.2, 0.25) is 0 Å². The fraction of sp³-hybridized carbons (Fsp3) is 0.273. The first-order valence-electron chi connectivity index (χ1n) is 5.30. The molecule has 2 heterocycles. The van der Waals surface area contributed by atoms with Crippen LogP contribution in [0.1, 0.15) is 18.3 Å². The van der Waals surface area contributed by atoms with Gasteiger partial charge in [-0.15, -0.1) is 10.2 Å². The first-order valence-corrected chi connectivity index (χ1v) is 5.30. The van der Waals surface area contributed by atoms with E-state index in [-0.39, 0.29) is 0 Å². The van der Waals surface area contributed by atoms with E-state index in [1.165, 1.54) is 0 Å². The van der Waals surface area contributed by atoms with Crippen LogP contribution in [0.4, 0.5) is 5.82 Å². The van der Waals surface area contributed by atoms with Crippen molar-refractivity contribution in [1.29, 1.82) is 5.26 Å². The van der Waals surface area contributed by atoms with Gasteiger partial charge in [-0.2, -0.15) is 5.26 Å². The standard InChI is InChI=1S/C11H12N6/c1-2-17-8-15-16-11(17)7-14-10-5-9(6-12)3-4-13-10/h3-5,8H,2,7H2,1H3,(H,13,14). The highest BCUT2D eigenvalue weighted by atomic mass is 15.3. The summed E-state index contributed by atoms with van der Waals surface area (Å²) >= 11 is 0. The number of aryl methyl sites for hydroxylation is 1. The summed E-state index contributed by atoms with van der Waals surface area (Å²) in [6.07, 6.45) is 3.29. The Bertz CT molecular complexity index is 539. The largest absolute Gasteiger partial charge is 0.363 e. The molecule has 0 radical (unpaired) electrons. The highest BCUT2D eigenvalue weighted by Gasteiger charge is 2.02. The molecule has 0 saturated carbocycles. The lowest BCUT2D eigenvalue weighted by Gasteiger charge is -2.06. The van der Waals surface area contributed by atoms with Crippen LogP contribution in [0.15, 0.2) is 24.7 Å². The van der Waals surface area contributed by atoms with E-state index >= 15 is 0 Å². The summed E-state index contributed by atoms with van der Waals surface area (Å²) < 4.78 is 1.95. The van der Waals surface area contributed by atoms with Gasteiger partial charge in [-0.25, -0.2) is 4.98 Å². The number of hydrogen-bond donors (Lipinski definition) is 1. The fourth-order valence-corrected chi connectivity index (χ4v) is 1.45. The van der Waals surface area contributed by atoms with Crippen LogP contribution < -0.4 is 5.32 Å². The van der Waals surface area contributed by atoms with Gasteiger partial charge in [0.25, 0.3) is 0 Å². The number of pyridine rings is 1. The van der Waals surface area contributed by atoms with Crippen molar-refractivity contribution in [2.75, 3.05) is 5.32 Å². The molecule has 0 unspecified atom stereocenters. The van der Waals surface area contributed by atoms with Crippen LogP contribution in [0.5, 0.6) is 0 Å². The minimum Gasteiger partial charge on any atom is -0.363 e. The van der Waals surface area contributed by atoms with Gasteiger partial charge in [0.2, 0.25) is 0 Å². The monoisotopic (exact) mass is 228 g/mol. The number of hydrogen-bond acceptors (Lipinski definition) is 5. The van der Waals surface area contributed by atoms with E-state index in [1.54, 1.807) is 24.7 Å². The number of nitriles is 1. The third kappa shape index (κ3) is 2.58. The Balaban J connectivity index is 2.05. The van der Waals surface area contributed by atoms with Crippen LogP contribution in [-0.2, 0) is 13.1 Å². The minimum atomic E-state index is 0.537. The van der Waals surface area contributed by atoms with Crippen molar-refractivity contribution < 1.29 is 0 Å². The van der Waals surface area contributed by atoms with Crippen LogP contribution >= 0.6 is 0 Å². The molecule has 6 nitrogen and oxygen atoms in total. The number of anilines is 1. The number of rotatable bonds is 4. The van der Waals surface area contributed by atoms with E-state index in [2.05, 4.69) is 26.6 Å². The van der Waals surface area contributed by atoms with Gasteiger partial charge >= 0.3 is 0 Å². The zero-order valence-electron chi connectivity index (χ0n) is 9.46. The molecule has 0 atom stereocenters. The molecule has 0 spiro atoms. The Morgan fingerprint density at radius 3 is 3.18 bits per heavy atom. The average molecular weight is 228 g/mol. The SMILES string of the molecule is CCn1cnnc1CNc1cc(C#N)ccn1.